The summed E-state index contributed by atoms with van der Waals surface area (Å²) < 4.78 is 27.9. The minimum absolute atomic E-state index is 0.0112. The second kappa shape index (κ2) is 10.7. The fourth-order valence-corrected chi connectivity index (χ4v) is 6.01. The molecule has 32 heavy (non-hydrogen) atoms. The summed E-state index contributed by atoms with van der Waals surface area (Å²) in [5.74, 6) is 0. The predicted octanol–water partition coefficient (Wildman–Crippen LogP) is 4.34. The lowest BCUT2D eigenvalue weighted by atomic mass is 10.1. The zero-order valence-corrected chi connectivity index (χ0v) is 21.0. The molecule has 3 aromatic rings. The fourth-order valence-electron chi connectivity index (χ4n) is 3.92. The second-order valence-electron chi connectivity index (χ2n) is 7.95. The largest absolute Gasteiger partial charge is 0.383 e. The molecule has 0 fully saturated rings. The third kappa shape index (κ3) is 5.49. The number of benzene rings is 2. The Balaban J connectivity index is 2.11. The summed E-state index contributed by atoms with van der Waals surface area (Å²) in [5.41, 5.74) is 1.66. The van der Waals surface area contributed by atoms with Gasteiger partial charge in [0.05, 0.1) is 11.6 Å². The van der Waals surface area contributed by atoms with Crippen LogP contribution in [0.5, 0.6) is 0 Å². The van der Waals surface area contributed by atoms with E-state index in [1.54, 1.807) is 11.3 Å². The minimum Gasteiger partial charge on any atom is -0.383 e. The van der Waals surface area contributed by atoms with Crippen LogP contribution in [0.3, 0.4) is 0 Å². The lowest BCUT2D eigenvalue weighted by Crippen LogP contribution is -2.30. The molecule has 0 amide bonds. The minimum atomic E-state index is -3.35. The first-order valence-electron chi connectivity index (χ1n) is 11.2. The molecule has 0 bridgehead atoms. The normalized spacial score (nSPS) is 12.3. The number of hydrogen-bond acceptors (Lipinski definition) is 6. The van der Waals surface area contributed by atoms with Crippen LogP contribution in [0.1, 0.15) is 32.8 Å². The molecule has 0 aliphatic carbocycles. The van der Waals surface area contributed by atoms with E-state index in [1.807, 2.05) is 43.3 Å². The zero-order chi connectivity index (χ0) is 23.3. The number of nitrogens with one attached hydrogen (secondary N) is 1. The van der Waals surface area contributed by atoms with Crippen LogP contribution in [0.4, 0.5) is 5.69 Å². The molecule has 0 spiro atoms. The van der Waals surface area contributed by atoms with Crippen LogP contribution in [-0.2, 0) is 16.6 Å². The van der Waals surface area contributed by atoms with Gasteiger partial charge in [-0.05, 0) is 43.3 Å². The number of anilines is 1. The average Bonchev–Trinajstić information content (AvgIpc) is 2.77. The van der Waals surface area contributed by atoms with Gasteiger partial charge in [0.1, 0.15) is 0 Å². The molecule has 0 atom stereocenters. The maximum atomic E-state index is 13.5. The van der Waals surface area contributed by atoms with E-state index in [-0.39, 0.29) is 12.0 Å². The van der Waals surface area contributed by atoms with Gasteiger partial charge in [0, 0.05) is 46.7 Å². The van der Waals surface area contributed by atoms with Crippen molar-refractivity contribution in [2.24, 2.45) is 0 Å². The van der Waals surface area contributed by atoms with E-state index in [0.29, 0.717) is 17.3 Å². The molecule has 174 valence electrons. The van der Waals surface area contributed by atoms with E-state index in [0.717, 1.165) is 53.3 Å². The summed E-state index contributed by atoms with van der Waals surface area (Å²) in [4.78, 5) is 15.8. The van der Waals surface area contributed by atoms with Gasteiger partial charge in [0.25, 0.3) is 0 Å². The number of likely N-dealkylation sites (N-methyl/N-ethyl adjacent to an activating group) is 1. The van der Waals surface area contributed by atoms with Gasteiger partial charge >= 0.3 is 0 Å². The van der Waals surface area contributed by atoms with Crippen molar-refractivity contribution in [2.45, 2.75) is 33.7 Å². The summed E-state index contributed by atoms with van der Waals surface area (Å²) in [6.45, 7) is 10.5. The molecule has 0 saturated heterocycles. The Morgan fingerprint density at radius 3 is 2.38 bits per heavy atom. The molecular formula is C24H33N3O3S2. The highest BCUT2D eigenvalue weighted by molar-refractivity contribution is 7.88. The SMILES string of the molecule is CCCN(Cc1ccc(NCCN(CC)CC)c2c(=O)c3ccccc3sc12)S(C)(=O)=O. The van der Waals surface area contributed by atoms with E-state index in [2.05, 4.69) is 24.1 Å². The maximum absolute atomic E-state index is 13.5. The number of nitrogens with zero attached hydrogens (tertiary/aromatic N) is 2. The van der Waals surface area contributed by atoms with Crippen molar-refractivity contribution >= 4 is 47.2 Å². The van der Waals surface area contributed by atoms with Crippen LogP contribution in [0, 0.1) is 0 Å². The Morgan fingerprint density at radius 2 is 1.72 bits per heavy atom. The first kappa shape index (κ1) is 24.6. The van der Waals surface area contributed by atoms with E-state index in [4.69, 9.17) is 0 Å². The van der Waals surface area contributed by atoms with E-state index in [1.165, 1.54) is 10.6 Å². The van der Waals surface area contributed by atoms with Gasteiger partial charge in [-0.25, -0.2) is 8.42 Å². The molecule has 1 N–H and O–H groups in total. The number of rotatable bonds is 11. The molecule has 1 heterocycles. The van der Waals surface area contributed by atoms with Crippen LogP contribution in [0.25, 0.3) is 20.2 Å². The van der Waals surface area contributed by atoms with Crippen molar-refractivity contribution in [1.29, 1.82) is 0 Å². The van der Waals surface area contributed by atoms with Crippen LogP contribution in [0.15, 0.2) is 41.2 Å². The summed E-state index contributed by atoms with van der Waals surface area (Å²) in [5, 5.41) is 4.81. The van der Waals surface area contributed by atoms with Gasteiger partial charge in [0.15, 0.2) is 5.43 Å². The Bertz CT molecular complexity index is 1230. The smallest absolute Gasteiger partial charge is 0.211 e. The molecule has 0 saturated carbocycles. The van der Waals surface area contributed by atoms with Crippen molar-refractivity contribution < 1.29 is 8.42 Å². The van der Waals surface area contributed by atoms with Crippen molar-refractivity contribution in [3.05, 3.63) is 52.2 Å². The van der Waals surface area contributed by atoms with Crippen LogP contribution in [0.2, 0.25) is 0 Å². The molecule has 0 unspecified atom stereocenters. The molecule has 2 aromatic carbocycles. The molecule has 3 rings (SSSR count). The van der Waals surface area contributed by atoms with Gasteiger partial charge in [-0.1, -0.05) is 39.0 Å². The topological polar surface area (TPSA) is 69.7 Å². The molecular weight excluding hydrogens is 442 g/mol. The third-order valence-corrected chi connectivity index (χ3v) is 8.23. The Morgan fingerprint density at radius 1 is 1.00 bits per heavy atom. The fraction of sp³-hybridized carbons (Fsp3) is 0.458. The number of fused-ring (bicyclic) bond motifs is 2. The standard InChI is InChI=1S/C24H33N3O3S2/c1-5-15-27(32(4,29)30)17-18-12-13-20(25-14-16-26(6-2)7-3)22-23(28)19-10-8-9-11-21(19)31-24(18)22/h8-13,25H,5-7,14-17H2,1-4H3. The first-order chi connectivity index (χ1) is 15.3. The van der Waals surface area contributed by atoms with Gasteiger partial charge in [-0.2, -0.15) is 4.31 Å². The van der Waals surface area contributed by atoms with Crippen molar-refractivity contribution in [3.8, 4) is 0 Å². The zero-order valence-electron chi connectivity index (χ0n) is 19.3. The van der Waals surface area contributed by atoms with E-state index < -0.39 is 10.0 Å². The second-order valence-corrected chi connectivity index (χ2v) is 11.0. The summed E-state index contributed by atoms with van der Waals surface area (Å²) in [6.07, 6.45) is 1.97. The van der Waals surface area contributed by atoms with Gasteiger partial charge < -0.3 is 10.2 Å². The molecule has 0 radical (unpaired) electrons. The number of hydrogen-bond donors (Lipinski definition) is 1. The van der Waals surface area contributed by atoms with E-state index in [9.17, 15) is 13.2 Å². The van der Waals surface area contributed by atoms with Crippen LogP contribution < -0.4 is 10.7 Å². The van der Waals surface area contributed by atoms with Gasteiger partial charge in [-0.15, -0.1) is 11.3 Å². The maximum Gasteiger partial charge on any atom is 0.211 e. The van der Waals surface area contributed by atoms with E-state index >= 15 is 0 Å². The highest BCUT2D eigenvalue weighted by Crippen LogP contribution is 2.33. The molecule has 8 heteroatoms. The molecule has 1 aromatic heterocycles. The Hall–Kier alpha value is -2.00. The van der Waals surface area contributed by atoms with Crippen LogP contribution in [-0.4, -0.2) is 56.6 Å². The Kier molecular flexibility index (Phi) is 8.27. The summed E-state index contributed by atoms with van der Waals surface area (Å²) >= 11 is 1.55. The van der Waals surface area contributed by atoms with Gasteiger partial charge in [0.2, 0.25) is 10.0 Å². The summed E-state index contributed by atoms with van der Waals surface area (Å²) in [7, 11) is -3.35. The lowest BCUT2D eigenvalue weighted by molar-refractivity contribution is 0.316. The number of sulfonamides is 1. The monoisotopic (exact) mass is 475 g/mol. The Labute approximate surface area is 194 Å². The molecule has 0 aliphatic heterocycles. The predicted molar refractivity (Wildman–Crippen MR) is 137 cm³/mol. The van der Waals surface area contributed by atoms with Crippen molar-refractivity contribution in [3.63, 3.8) is 0 Å². The summed E-state index contributed by atoms with van der Waals surface area (Å²) in [6, 6.07) is 11.5. The van der Waals surface area contributed by atoms with Gasteiger partial charge in [-0.3, -0.25) is 4.79 Å². The quantitative estimate of drug-likeness (QED) is 0.418. The molecule has 6 nitrogen and oxygen atoms in total. The van der Waals surface area contributed by atoms with Crippen molar-refractivity contribution in [1.82, 2.24) is 9.21 Å². The first-order valence-corrected chi connectivity index (χ1v) is 13.8. The highest BCUT2D eigenvalue weighted by Gasteiger charge is 2.20. The van der Waals surface area contributed by atoms with Crippen LogP contribution >= 0.6 is 11.3 Å². The highest BCUT2D eigenvalue weighted by atomic mass is 32.2. The molecule has 0 aliphatic rings. The lowest BCUT2D eigenvalue weighted by Gasteiger charge is -2.21. The average molecular weight is 476 g/mol. The van der Waals surface area contributed by atoms with Crippen molar-refractivity contribution in [2.75, 3.05) is 44.3 Å². The third-order valence-electron chi connectivity index (χ3n) is 5.74.